The number of aliphatic hydroxyl groups excluding tert-OH is 1. The summed E-state index contributed by atoms with van der Waals surface area (Å²) in [6.07, 6.45) is 1.08. The molecule has 0 spiro atoms. The monoisotopic (exact) mass is 360 g/mol. The Bertz CT molecular complexity index is 805. The number of fused-ring (bicyclic) bond motifs is 1. The van der Waals surface area contributed by atoms with E-state index < -0.39 is 18.9 Å². The second-order valence-corrected chi connectivity index (χ2v) is 7.36. The lowest BCUT2D eigenvalue weighted by molar-refractivity contribution is 0.148. The molecule has 126 valence electrons. The predicted molar refractivity (Wildman–Crippen MR) is 88.0 cm³/mol. The molecule has 0 aliphatic rings. The molecule has 1 heterocycles. The molecular formula is C15H18ClO6P. The van der Waals surface area contributed by atoms with Crippen LogP contribution < -0.4 is 5.43 Å². The van der Waals surface area contributed by atoms with E-state index >= 15 is 0 Å². The molecule has 0 amide bonds. The Hall–Kier alpha value is -1.17. The molecule has 1 atom stereocenters. The van der Waals surface area contributed by atoms with E-state index in [9.17, 15) is 14.5 Å². The van der Waals surface area contributed by atoms with Gasteiger partial charge >= 0.3 is 7.60 Å². The number of rotatable bonds is 6. The van der Waals surface area contributed by atoms with Gasteiger partial charge in [-0.3, -0.25) is 9.36 Å². The van der Waals surface area contributed by atoms with Crippen LogP contribution in [0.15, 0.2) is 27.6 Å². The highest BCUT2D eigenvalue weighted by atomic mass is 35.5. The fraction of sp³-hybridized carbons (Fsp3) is 0.400. The average Bonchev–Trinajstić information content (AvgIpc) is 2.49. The number of aryl methyl sites for hydroxylation is 1. The van der Waals surface area contributed by atoms with Crippen molar-refractivity contribution < 1.29 is 23.1 Å². The van der Waals surface area contributed by atoms with Gasteiger partial charge in [0, 0.05) is 5.02 Å². The molecule has 1 aromatic carbocycles. The first kappa shape index (κ1) is 18.2. The molecule has 1 unspecified atom stereocenters. The summed E-state index contributed by atoms with van der Waals surface area (Å²) in [7, 11) is -3.90. The molecule has 0 saturated carbocycles. The third kappa shape index (κ3) is 3.52. The number of halogens is 1. The Morgan fingerprint density at radius 3 is 2.48 bits per heavy atom. The van der Waals surface area contributed by atoms with Crippen LogP contribution in [0.1, 0.15) is 30.8 Å². The summed E-state index contributed by atoms with van der Waals surface area (Å²) in [6.45, 7) is 5.15. The van der Waals surface area contributed by atoms with Crippen molar-refractivity contribution in [2.45, 2.75) is 26.6 Å². The zero-order valence-electron chi connectivity index (χ0n) is 13.0. The minimum Gasteiger partial charge on any atom is -0.464 e. The van der Waals surface area contributed by atoms with Crippen LogP contribution in [0.4, 0.5) is 0 Å². The molecule has 6 nitrogen and oxygen atoms in total. The fourth-order valence-corrected chi connectivity index (χ4v) is 3.91. The lowest BCUT2D eigenvalue weighted by Crippen LogP contribution is -2.16. The Balaban J connectivity index is 2.59. The highest BCUT2D eigenvalue weighted by Gasteiger charge is 2.37. The smallest absolute Gasteiger partial charge is 0.363 e. The molecular weight excluding hydrogens is 343 g/mol. The van der Waals surface area contributed by atoms with Crippen LogP contribution in [-0.4, -0.2) is 18.3 Å². The summed E-state index contributed by atoms with van der Waals surface area (Å²) in [4.78, 5) is 12.6. The van der Waals surface area contributed by atoms with Gasteiger partial charge in [0.15, 0.2) is 11.3 Å². The van der Waals surface area contributed by atoms with Gasteiger partial charge in [-0.2, -0.15) is 0 Å². The van der Waals surface area contributed by atoms with Gasteiger partial charge in [-0.1, -0.05) is 11.6 Å². The van der Waals surface area contributed by atoms with Crippen molar-refractivity contribution in [2.75, 3.05) is 13.2 Å². The van der Waals surface area contributed by atoms with E-state index in [1.807, 2.05) is 0 Å². The maximum absolute atomic E-state index is 12.6. The van der Waals surface area contributed by atoms with E-state index in [1.54, 1.807) is 26.8 Å². The number of hydrogen-bond acceptors (Lipinski definition) is 6. The average molecular weight is 361 g/mol. The summed E-state index contributed by atoms with van der Waals surface area (Å²) in [5, 5.41) is 10.9. The number of benzene rings is 1. The Morgan fingerprint density at radius 2 is 1.91 bits per heavy atom. The summed E-state index contributed by atoms with van der Waals surface area (Å²) in [6, 6.07) is 3.08. The molecule has 2 aromatic rings. The lowest BCUT2D eigenvalue weighted by Gasteiger charge is -2.21. The van der Waals surface area contributed by atoms with E-state index in [0.717, 1.165) is 11.8 Å². The Kier molecular flexibility index (Phi) is 5.65. The SMILES string of the molecule is CCOP(=O)(OCC)C(O)c1coc2cc(C)c(Cl)cc2c1=O. The topological polar surface area (TPSA) is 86.0 Å². The fourth-order valence-electron chi connectivity index (χ4n) is 2.15. The van der Waals surface area contributed by atoms with Gasteiger partial charge in [-0.15, -0.1) is 0 Å². The molecule has 0 fully saturated rings. The molecule has 1 aromatic heterocycles. The van der Waals surface area contributed by atoms with Crippen molar-refractivity contribution in [1.82, 2.24) is 0 Å². The van der Waals surface area contributed by atoms with Crippen LogP contribution in [-0.2, 0) is 13.6 Å². The summed E-state index contributed by atoms with van der Waals surface area (Å²) in [5.74, 6) is -1.73. The van der Waals surface area contributed by atoms with Crippen molar-refractivity contribution in [3.8, 4) is 0 Å². The van der Waals surface area contributed by atoms with Crippen LogP contribution in [0, 0.1) is 6.92 Å². The summed E-state index contributed by atoms with van der Waals surface area (Å²) in [5.41, 5.74) is 0.364. The largest absolute Gasteiger partial charge is 0.464 e. The van der Waals surface area contributed by atoms with Crippen LogP contribution >= 0.6 is 19.2 Å². The van der Waals surface area contributed by atoms with Crippen molar-refractivity contribution in [2.24, 2.45) is 0 Å². The van der Waals surface area contributed by atoms with Crippen LogP contribution in [0.2, 0.25) is 5.02 Å². The Labute approximate surface area is 138 Å². The zero-order valence-corrected chi connectivity index (χ0v) is 14.7. The molecule has 0 aliphatic heterocycles. The lowest BCUT2D eigenvalue weighted by atomic mass is 10.1. The zero-order chi connectivity index (χ0) is 17.2. The molecule has 2 rings (SSSR count). The first-order valence-electron chi connectivity index (χ1n) is 7.12. The molecule has 8 heteroatoms. The first-order chi connectivity index (χ1) is 10.8. The molecule has 0 aliphatic carbocycles. The molecule has 0 bridgehead atoms. The second kappa shape index (κ2) is 7.16. The van der Waals surface area contributed by atoms with Gasteiger partial charge in [-0.25, -0.2) is 0 Å². The minimum atomic E-state index is -3.90. The van der Waals surface area contributed by atoms with E-state index in [0.29, 0.717) is 10.6 Å². The Morgan fingerprint density at radius 1 is 1.30 bits per heavy atom. The maximum atomic E-state index is 12.6. The summed E-state index contributed by atoms with van der Waals surface area (Å²) >= 11 is 6.03. The van der Waals surface area contributed by atoms with E-state index in [-0.39, 0.29) is 24.2 Å². The van der Waals surface area contributed by atoms with E-state index in [2.05, 4.69) is 0 Å². The van der Waals surface area contributed by atoms with Crippen LogP contribution in [0.3, 0.4) is 0 Å². The van der Waals surface area contributed by atoms with Crippen molar-refractivity contribution in [3.05, 3.63) is 44.8 Å². The first-order valence-corrected chi connectivity index (χ1v) is 9.11. The van der Waals surface area contributed by atoms with Gasteiger partial charge in [-0.05, 0) is 38.5 Å². The maximum Gasteiger partial charge on any atom is 0.363 e. The summed E-state index contributed by atoms with van der Waals surface area (Å²) < 4.78 is 28.1. The molecule has 1 N–H and O–H groups in total. The van der Waals surface area contributed by atoms with Crippen molar-refractivity contribution in [1.29, 1.82) is 0 Å². The standard InChI is InChI=1S/C15H18ClO6P/c1-4-21-23(19,22-5-2)15(18)11-8-20-13-6-9(3)12(16)7-10(13)14(11)17/h6-8,15,18H,4-5H2,1-3H3. The molecule has 23 heavy (non-hydrogen) atoms. The van der Waals surface area contributed by atoms with Gasteiger partial charge in [0.2, 0.25) is 0 Å². The van der Waals surface area contributed by atoms with E-state index in [1.165, 1.54) is 6.07 Å². The van der Waals surface area contributed by atoms with Crippen molar-refractivity contribution >= 4 is 30.2 Å². The third-order valence-corrected chi connectivity index (χ3v) is 5.80. The minimum absolute atomic E-state index is 0.0677. The number of aliphatic hydroxyl groups is 1. The van der Waals surface area contributed by atoms with Gasteiger partial charge < -0.3 is 18.6 Å². The van der Waals surface area contributed by atoms with Crippen LogP contribution in [0.5, 0.6) is 0 Å². The predicted octanol–water partition coefficient (Wildman–Crippen LogP) is 4.01. The van der Waals surface area contributed by atoms with Gasteiger partial charge in [0.25, 0.3) is 0 Å². The quantitative estimate of drug-likeness (QED) is 0.783. The third-order valence-electron chi connectivity index (χ3n) is 3.28. The van der Waals surface area contributed by atoms with Gasteiger partial charge in [0.1, 0.15) is 11.8 Å². The molecule has 0 radical (unpaired) electrons. The van der Waals surface area contributed by atoms with Gasteiger partial charge in [0.05, 0.1) is 24.2 Å². The molecule has 0 saturated heterocycles. The normalized spacial score (nSPS) is 13.4. The highest BCUT2D eigenvalue weighted by molar-refractivity contribution is 7.54. The van der Waals surface area contributed by atoms with E-state index in [4.69, 9.17) is 25.1 Å². The van der Waals surface area contributed by atoms with Crippen molar-refractivity contribution in [3.63, 3.8) is 0 Å². The highest BCUT2D eigenvalue weighted by Crippen LogP contribution is 2.59. The second-order valence-electron chi connectivity index (χ2n) is 4.87. The number of hydrogen-bond donors (Lipinski definition) is 1. The van der Waals surface area contributed by atoms with Crippen LogP contribution in [0.25, 0.3) is 11.0 Å².